The van der Waals surface area contributed by atoms with E-state index in [1.165, 1.54) is 0 Å². The van der Waals surface area contributed by atoms with Crippen molar-refractivity contribution in [1.29, 1.82) is 0 Å². The number of hydrogen-bond donors (Lipinski definition) is 1. The molecular weight excluding hydrogens is 268 g/mol. The Morgan fingerprint density at radius 1 is 1.05 bits per heavy atom. The molecule has 4 heteroatoms. The Kier molecular flexibility index (Phi) is 5.35. The highest BCUT2D eigenvalue weighted by molar-refractivity contribution is 5.99. The van der Waals surface area contributed by atoms with Gasteiger partial charge in [-0.1, -0.05) is 24.3 Å². The molecule has 110 valence electrons. The van der Waals surface area contributed by atoms with Crippen LogP contribution in [-0.4, -0.2) is 24.1 Å². The molecule has 0 atom stereocenters. The molecule has 0 aromatic heterocycles. The normalized spacial score (nSPS) is 10.2. The minimum atomic E-state index is -0.134. The fraction of sp³-hybridized carbons (Fsp3) is 0.235. The van der Waals surface area contributed by atoms with E-state index in [1.54, 1.807) is 42.5 Å². The van der Waals surface area contributed by atoms with Crippen LogP contribution in [0.1, 0.15) is 22.8 Å². The first-order chi connectivity index (χ1) is 10.2. The van der Waals surface area contributed by atoms with Crippen LogP contribution in [0.15, 0.2) is 48.5 Å². The summed E-state index contributed by atoms with van der Waals surface area (Å²) >= 11 is 0. The van der Waals surface area contributed by atoms with Crippen molar-refractivity contribution in [3.05, 3.63) is 59.7 Å². The zero-order valence-corrected chi connectivity index (χ0v) is 11.9. The molecule has 0 aliphatic rings. The van der Waals surface area contributed by atoms with E-state index in [0.29, 0.717) is 23.7 Å². The molecule has 0 spiro atoms. The first-order valence-electron chi connectivity index (χ1n) is 6.82. The molecule has 2 aromatic carbocycles. The van der Waals surface area contributed by atoms with Gasteiger partial charge in [-0.05, 0) is 36.8 Å². The van der Waals surface area contributed by atoms with Crippen LogP contribution < -0.4 is 9.47 Å². The molecule has 0 amide bonds. The van der Waals surface area contributed by atoms with Gasteiger partial charge in [0, 0.05) is 0 Å². The molecule has 0 bridgehead atoms. The number of hydrogen-bond acceptors (Lipinski definition) is 4. The molecule has 0 unspecified atom stereocenters. The summed E-state index contributed by atoms with van der Waals surface area (Å²) in [5, 5.41) is 8.97. The molecule has 0 saturated heterocycles. The number of rotatable bonds is 7. The first kappa shape index (κ1) is 15.1. The fourth-order valence-corrected chi connectivity index (χ4v) is 1.90. The Balaban J connectivity index is 2.01. The van der Waals surface area contributed by atoms with E-state index in [1.807, 2.05) is 13.0 Å². The number of aliphatic hydroxyl groups excluding tert-OH is 1. The molecule has 1 N–H and O–H groups in total. The van der Waals surface area contributed by atoms with Crippen LogP contribution in [0.25, 0.3) is 0 Å². The molecule has 2 aromatic rings. The van der Waals surface area contributed by atoms with Gasteiger partial charge in [0.25, 0.3) is 0 Å². The lowest BCUT2D eigenvalue weighted by atomic mass is 10.1. The lowest BCUT2D eigenvalue weighted by Crippen LogP contribution is -2.13. The SMILES string of the molecule is CCOc1ccccc1C(=O)COc1ccc(CO)cc1. The second-order valence-corrected chi connectivity index (χ2v) is 4.44. The maximum atomic E-state index is 12.2. The molecule has 0 radical (unpaired) electrons. The van der Waals surface area contributed by atoms with E-state index < -0.39 is 0 Å². The molecule has 4 nitrogen and oxygen atoms in total. The van der Waals surface area contributed by atoms with Crippen molar-refractivity contribution in [1.82, 2.24) is 0 Å². The van der Waals surface area contributed by atoms with Gasteiger partial charge in [-0.25, -0.2) is 0 Å². The second-order valence-electron chi connectivity index (χ2n) is 4.44. The van der Waals surface area contributed by atoms with Crippen LogP contribution >= 0.6 is 0 Å². The average molecular weight is 286 g/mol. The van der Waals surface area contributed by atoms with Crippen molar-refractivity contribution in [3.63, 3.8) is 0 Å². The smallest absolute Gasteiger partial charge is 0.203 e. The van der Waals surface area contributed by atoms with Crippen molar-refractivity contribution in [2.24, 2.45) is 0 Å². The van der Waals surface area contributed by atoms with Gasteiger partial charge in [0.15, 0.2) is 6.61 Å². The van der Waals surface area contributed by atoms with Gasteiger partial charge in [0.1, 0.15) is 11.5 Å². The third kappa shape index (κ3) is 4.07. The quantitative estimate of drug-likeness (QED) is 0.795. The monoisotopic (exact) mass is 286 g/mol. The molecule has 0 fully saturated rings. The van der Waals surface area contributed by atoms with Crippen LogP contribution in [0.2, 0.25) is 0 Å². The zero-order valence-electron chi connectivity index (χ0n) is 11.9. The average Bonchev–Trinajstić information content (AvgIpc) is 2.54. The Hall–Kier alpha value is -2.33. The van der Waals surface area contributed by atoms with Gasteiger partial charge in [-0.2, -0.15) is 0 Å². The number of ether oxygens (including phenoxy) is 2. The number of carbonyl (C=O) groups is 1. The van der Waals surface area contributed by atoms with Gasteiger partial charge in [0.05, 0.1) is 18.8 Å². The van der Waals surface area contributed by atoms with Crippen LogP contribution in [0.4, 0.5) is 0 Å². The van der Waals surface area contributed by atoms with E-state index >= 15 is 0 Å². The Labute approximate surface area is 123 Å². The van der Waals surface area contributed by atoms with Crippen LogP contribution in [-0.2, 0) is 6.61 Å². The van der Waals surface area contributed by atoms with Crippen molar-refractivity contribution in [2.45, 2.75) is 13.5 Å². The molecule has 21 heavy (non-hydrogen) atoms. The predicted octanol–water partition coefficient (Wildman–Crippen LogP) is 2.84. The lowest BCUT2D eigenvalue weighted by Gasteiger charge is -2.10. The number of Topliss-reactive ketones (excluding diaryl/α,β-unsaturated/α-hetero) is 1. The molecule has 0 heterocycles. The van der Waals surface area contributed by atoms with Crippen molar-refractivity contribution in [2.75, 3.05) is 13.2 Å². The van der Waals surface area contributed by atoms with Gasteiger partial charge in [-0.15, -0.1) is 0 Å². The standard InChI is InChI=1S/C17H18O4/c1-2-20-17-6-4-3-5-15(17)16(19)12-21-14-9-7-13(11-18)8-10-14/h3-10,18H,2,11-12H2,1H3. The summed E-state index contributed by atoms with van der Waals surface area (Å²) in [4.78, 5) is 12.2. The number of ketones is 1. The Morgan fingerprint density at radius 2 is 1.76 bits per heavy atom. The summed E-state index contributed by atoms with van der Waals surface area (Å²) in [5.74, 6) is 1.03. The number of aliphatic hydroxyl groups is 1. The van der Waals surface area contributed by atoms with Crippen molar-refractivity contribution >= 4 is 5.78 Å². The van der Waals surface area contributed by atoms with Crippen LogP contribution in [0.3, 0.4) is 0 Å². The Morgan fingerprint density at radius 3 is 2.43 bits per heavy atom. The maximum Gasteiger partial charge on any atom is 0.203 e. The number of para-hydroxylation sites is 1. The van der Waals surface area contributed by atoms with E-state index in [2.05, 4.69) is 0 Å². The highest BCUT2D eigenvalue weighted by Crippen LogP contribution is 2.19. The van der Waals surface area contributed by atoms with Crippen LogP contribution in [0, 0.1) is 0 Å². The van der Waals surface area contributed by atoms with Crippen molar-refractivity contribution < 1.29 is 19.4 Å². The highest BCUT2D eigenvalue weighted by atomic mass is 16.5. The fourth-order valence-electron chi connectivity index (χ4n) is 1.90. The third-order valence-corrected chi connectivity index (χ3v) is 2.96. The molecule has 0 aliphatic heterocycles. The Bertz CT molecular complexity index is 590. The third-order valence-electron chi connectivity index (χ3n) is 2.96. The minimum Gasteiger partial charge on any atom is -0.493 e. The minimum absolute atomic E-state index is 0.0130. The van der Waals surface area contributed by atoms with Gasteiger partial charge in [-0.3, -0.25) is 4.79 Å². The summed E-state index contributed by atoms with van der Waals surface area (Å²) in [6.07, 6.45) is 0. The van der Waals surface area contributed by atoms with Crippen molar-refractivity contribution in [3.8, 4) is 11.5 Å². The summed E-state index contributed by atoms with van der Waals surface area (Å²) in [7, 11) is 0. The second kappa shape index (κ2) is 7.45. The molecule has 2 rings (SSSR count). The highest BCUT2D eigenvalue weighted by Gasteiger charge is 2.12. The topological polar surface area (TPSA) is 55.8 Å². The molecule has 0 aliphatic carbocycles. The molecule has 0 saturated carbocycles. The van der Waals surface area contributed by atoms with E-state index in [-0.39, 0.29) is 19.0 Å². The zero-order chi connectivity index (χ0) is 15.1. The summed E-state index contributed by atoms with van der Waals surface area (Å²) in [5.41, 5.74) is 1.32. The number of carbonyl (C=O) groups excluding carboxylic acids is 1. The van der Waals surface area contributed by atoms with E-state index in [4.69, 9.17) is 14.6 Å². The maximum absolute atomic E-state index is 12.2. The summed E-state index contributed by atoms with van der Waals surface area (Å²) < 4.78 is 10.9. The van der Waals surface area contributed by atoms with Gasteiger partial charge in [0.2, 0.25) is 5.78 Å². The largest absolute Gasteiger partial charge is 0.493 e. The van der Waals surface area contributed by atoms with Gasteiger partial charge < -0.3 is 14.6 Å². The summed E-state index contributed by atoms with van der Waals surface area (Å²) in [6.45, 7) is 2.32. The summed E-state index contributed by atoms with van der Waals surface area (Å²) in [6, 6.07) is 14.1. The van der Waals surface area contributed by atoms with E-state index in [9.17, 15) is 4.79 Å². The molecular formula is C17H18O4. The lowest BCUT2D eigenvalue weighted by molar-refractivity contribution is 0.0917. The predicted molar refractivity (Wildman–Crippen MR) is 79.8 cm³/mol. The van der Waals surface area contributed by atoms with Gasteiger partial charge >= 0.3 is 0 Å². The first-order valence-corrected chi connectivity index (χ1v) is 6.82. The van der Waals surface area contributed by atoms with Crippen LogP contribution in [0.5, 0.6) is 11.5 Å². The number of benzene rings is 2. The van der Waals surface area contributed by atoms with E-state index in [0.717, 1.165) is 5.56 Å².